The van der Waals surface area contributed by atoms with Crippen molar-refractivity contribution in [1.29, 1.82) is 0 Å². The molecule has 0 aliphatic rings. The van der Waals surface area contributed by atoms with E-state index >= 15 is 0 Å². The number of aromatic amines is 1. The maximum absolute atomic E-state index is 11.3. The Morgan fingerprint density at radius 2 is 2.46 bits per heavy atom. The smallest absolute Gasteiger partial charge is 0.271 e. The van der Waals surface area contributed by atoms with Crippen LogP contribution in [0.4, 0.5) is 5.69 Å². The largest absolute Gasteiger partial charge is 0.308 e. The Morgan fingerprint density at radius 3 is 3.15 bits per heavy atom. The number of aromatic nitrogens is 3. The molecule has 1 N–H and O–H groups in total. The van der Waals surface area contributed by atoms with Crippen LogP contribution in [-0.2, 0) is 0 Å². The van der Waals surface area contributed by atoms with Crippen molar-refractivity contribution < 1.29 is 0 Å². The number of hydrogen-bond acceptors (Lipinski definition) is 2. The Labute approximate surface area is 73.5 Å². The first-order valence-electron chi connectivity index (χ1n) is 3.67. The fourth-order valence-electron chi connectivity index (χ4n) is 1.17. The molecule has 2 rings (SSSR count). The summed E-state index contributed by atoms with van der Waals surface area (Å²) < 4.78 is 1.25. The van der Waals surface area contributed by atoms with Gasteiger partial charge >= 0.3 is 0 Å². The summed E-state index contributed by atoms with van der Waals surface area (Å²) >= 11 is 0. The van der Waals surface area contributed by atoms with Gasteiger partial charge in [0.05, 0.1) is 6.57 Å². The number of fused-ring (bicyclic) bond motifs is 1. The van der Waals surface area contributed by atoms with Crippen LogP contribution in [0.25, 0.3) is 10.5 Å². The molecule has 0 saturated carbocycles. The van der Waals surface area contributed by atoms with E-state index in [0.717, 1.165) is 0 Å². The van der Waals surface area contributed by atoms with Gasteiger partial charge in [-0.2, -0.15) is 0 Å². The summed E-state index contributed by atoms with van der Waals surface area (Å²) in [6.07, 6.45) is 1.47. The predicted molar refractivity (Wildman–Crippen MR) is 46.8 cm³/mol. The Bertz CT molecular complexity index is 558. The van der Waals surface area contributed by atoms with E-state index in [1.807, 2.05) is 0 Å². The minimum Gasteiger partial charge on any atom is -0.308 e. The average molecular weight is 174 g/mol. The van der Waals surface area contributed by atoms with Crippen molar-refractivity contribution in [2.24, 2.45) is 0 Å². The molecular formula is C8H6N4O. The van der Waals surface area contributed by atoms with Gasteiger partial charge in [-0.05, 0) is 6.92 Å². The summed E-state index contributed by atoms with van der Waals surface area (Å²) in [6, 6.07) is 1.41. The third kappa shape index (κ3) is 0.999. The quantitative estimate of drug-likeness (QED) is 0.603. The lowest BCUT2D eigenvalue weighted by Crippen LogP contribution is -2.14. The minimum atomic E-state index is -0.197. The molecule has 64 valence electrons. The predicted octanol–water partition coefficient (Wildman–Crippen LogP) is 0.882. The summed E-state index contributed by atoms with van der Waals surface area (Å²) in [4.78, 5) is 18.6. The molecule has 0 unspecified atom stereocenters. The lowest BCUT2D eigenvalue weighted by molar-refractivity contribution is 0.890. The lowest BCUT2D eigenvalue weighted by Gasteiger charge is -1.93. The van der Waals surface area contributed by atoms with Gasteiger partial charge in [0.1, 0.15) is 0 Å². The highest BCUT2D eigenvalue weighted by Crippen LogP contribution is 2.15. The van der Waals surface area contributed by atoms with Crippen LogP contribution >= 0.6 is 0 Å². The third-order valence-electron chi connectivity index (χ3n) is 1.73. The highest BCUT2D eigenvalue weighted by molar-refractivity contribution is 5.67. The van der Waals surface area contributed by atoms with Crippen LogP contribution in [0.15, 0.2) is 17.1 Å². The maximum atomic E-state index is 11.3. The van der Waals surface area contributed by atoms with E-state index in [2.05, 4.69) is 14.9 Å². The molecule has 0 bridgehead atoms. The van der Waals surface area contributed by atoms with Crippen molar-refractivity contribution in [2.45, 2.75) is 6.92 Å². The van der Waals surface area contributed by atoms with Crippen LogP contribution in [0.3, 0.4) is 0 Å². The standard InChI is InChI=1S/C8H6N4O/c1-5-3-7(13)12-8(11-5)6(9-2)4-10-12/h3-4,10H,1H3. The Hall–Kier alpha value is -2.09. The highest BCUT2D eigenvalue weighted by Gasteiger charge is 2.05. The topological polar surface area (TPSA) is 54.5 Å². The molecule has 0 aliphatic heterocycles. The molecule has 0 aliphatic carbocycles. The van der Waals surface area contributed by atoms with E-state index in [-0.39, 0.29) is 5.56 Å². The summed E-state index contributed by atoms with van der Waals surface area (Å²) in [6.45, 7) is 8.56. The van der Waals surface area contributed by atoms with Gasteiger partial charge in [0.15, 0.2) is 5.65 Å². The van der Waals surface area contributed by atoms with Gasteiger partial charge in [-0.3, -0.25) is 4.79 Å². The SMILES string of the molecule is [C-]#[N+]c1c[nH]n2c(=O)cc(C)nc12. The average Bonchev–Trinajstić information content (AvgIpc) is 2.47. The molecule has 13 heavy (non-hydrogen) atoms. The van der Waals surface area contributed by atoms with Gasteiger partial charge in [0, 0.05) is 18.0 Å². The van der Waals surface area contributed by atoms with Crippen molar-refractivity contribution in [3.63, 3.8) is 0 Å². The normalized spacial score (nSPS) is 10.2. The summed E-state index contributed by atoms with van der Waals surface area (Å²) in [5.74, 6) is 0. The molecule has 0 fully saturated rings. The zero-order chi connectivity index (χ0) is 9.42. The molecule has 0 amide bonds. The molecule has 0 spiro atoms. The van der Waals surface area contributed by atoms with Gasteiger partial charge in [-0.25, -0.2) is 14.3 Å². The van der Waals surface area contributed by atoms with Crippen molar-refractivity contribution >= 4 is 11.3 Å². The second-order valence-corrected chi connectivity index (χ2v) is 2.67. The molecule has 2 heterocycles. The van der Waals surface area contributed by atoms with Gasteiger partial charge in [-0.15, -0.1) is 0 Å². The molecule has 2 aromatic heterocycles. The molecule has 0 saturated heterocycles. The van der Waals surface area contributed by atoms with Crippen LogP contribution in [0.2, 0.25) is 0 Å². The number of H-pyrrole nitrogens is 1. The molecule has 5 heteroatoms. The van der Waals surface area contributed by atoms with E-state index < -0.39 is 0 Å². The van der Waals surface area contributed by atoms with E-state index in [1.54, 1.807) is 6.92 Å². The fourth-order valence-corrected chi connectivity index (χ4v) is 1.17. The Morgan fingerprint density at radius 1 is 1.69 bits per heavy atom. The maximum Gasteiger partial charge on any atom is 0.271 e. The van der Waals surface area contributed by atoms with E-state index in [1.165, 1.54) is 16.8 Å². The molecule has 2 aromatic rings. The van der Waals surface area contributed by atoms with Gasteiger partial charge < -0.3 is 5.10 Å². The van der Waals surface area contributed by atoms with E-state index in [9.17, 15) is 4.79 Å². The first-order valence-corrected chi connectivity index (χ1v) is 3.67. The number of nitrogens with one attached hydrogen (secondary N) is 1. The molecular weight excluding hydrogens is 168 g/mol. The summed E-state index contributed by atoms with van der Waals surface area (Å²) in [7, 11) is 0. The first kappa shape index (κ1) is 7.55. The molecule has 0 aromatic carbocycles. The Balaban J connectivity index is 3.00. The van der Waals surface area contributed by atoms with Crippen molar-refractivity contribution in [3.05, 3.63) is 39.7 Å². The Kier molecular flexibility index (Phi) is 1.43. The zero-order valence-corrected chi connectivity index (χ0v) is 6.90. The van der Waals surface area contributed by atoms with Gasteiger partial charge in [0.2, 0.25) is 5.69 Å². The van der Waals surface area contributed by atoms with E-state index in [0.29, 0.717) is 17.0 Å². The second-order valence-electron chi connectivity index (χ2n) is 2.67. The monoisotopic (exact) mass is 174 g/mol. The zero-order valence-electron chi connectivity index (χ0n) is 6.90. The summed E-state index contributed by atoms with van der Waals surface area (Å²) in [5, 5.41) is 2.66. The third-order valence-corrected chi connectivity index (χ3v) is 1.73. The van der Waals surface area contributed by atoms with Crippen LogP contribution in [0.1, 0.15) is 5.69 Å². The fraction of sp³-hybridized carbons (Fsp3) is 0.125. The van der Waals surface area contributed by atoms with Crippen molar-refractivity contribution in [1.82, 2.24) is 14.6 Å². The lowest BCUT2D eigenvalue weighted by atomic mass is 10.4. The van der Waals surface area contributed by atoms with Gasteiger partial charge in [0.25, 0.3) is 5.56 Å². The van der Waals surface area contributed by atoms with Gasteiger partial charge in [-0.1, -0.05) is 0 Å². The number of hydrogen-bond donors (Lipinski definition) is 1. The van der Waals surface area contributed by atoms with E-state index in [4.69, 9.17) is 6.57 Å². The molecule has 0 radical (unpaired) electrons. The molecule has 5 nitrogen and oxygen atoms in total. The number of nitrogens with zero attached hydrogens (tertiary/aromatic N) is 3. The first-order chi connectivity index (χ1) is 6.22. The van der Waals surface area contributed by atoms with Crippen molar-refractivity contribution in [3.8, 4) is 0 Å². The number of aryl methyl sites for hydroxylation is 1. The molecule has 0 atom stereocenters. The van der Waals surface area contributed by atoms with Crippen LogP contribution < -0.4 is 5.56 Å². The number of rotatable bonds is 0. The van der Waals surface area contributed by atoms with Crippen molar-refractivity contribution in [2.75, 3.05) is 0 Å². The summed E-state index contributed by atoms with van der Waals surface area (Å²) in [5.41, 5.74) is 1.17. The highest BCUT2D eigenvalue weighted by atomic mass is 16.1. The van der Waals surface area contributed by atoms with Crippen LogP contribution in [-0.4, -0.2) is 14.6 Å². The second kappa shape index (κ2) is 2.45. The minimum absolute atomic E-state index is 0.197. The van der Waals surface area contributed by atoms with Crippen LogP contribution in [0.5, 0.6) is 0 Å². The van der Waals surface area contributed by atoms with Crippen LogP contribution in [0, 0.1) is 13.5 Å².